The number of hydrogen-bond donors (Lipinski definition) is 1. The summed E-state index contributed by atoms with van der Waals surface area (Å²) in [5, 5.41) is 21.6. The number of H-pyrrole nitrogens is 1. The van der Waals surface area contributed by atoms with Gasteiger partial charge in [-0.05, 0) is 19.1 Å². The van der Waals surface area contributed by atoms with Crippen molar-refractivity contribution >= 4 is 16.3 Å². The lowest BCUT2D eigenvalue weighted by atomic mass is 10.1. The van der Waals surface area contributed by atoms with Crippen LogP contribution in [0.15, 0.2) is 60.7 Å². The van der Waals surface area contributed by atoms with Crippen molar-refractivity contribution in [2.45, 2.75) is 6.92 Å². The Bertz CT molecular complexity index is 1200. The first-order valence-electron chi connectivity index (χ1n) is 8.18. The molecule has 1 N–H and O–H groups in total. The van der Waals surface area contributed by atoms with E-state index in [1.54, 1.807) is 4.52 Å². The third-order valence-corrected chi connectivity index (χ3v) is 5.09. The number of rotatable bonds is 3. The molecule has 0 saturated heterocycles. The van der Waals surface area contributed by atoms with Crippen LogP contribution in [0.4, 0.5) is 0 Å². The molecule has 0 aliphatic rings. The smallest absolute Gasteiger partial charge is 0.235 e. The van der Waals surface area contributed by atoms with Crippen molar-refractivity contribution in [1.82, 2.24) is 30.0 Å². The van der Waals surface area contributed by atoms with Crippen molar-refractivity contribution in [3.8, 4) is 33.3 Å². The van der Waals surface area contributed by atoms with Crippen LogP contribution in [0.1, 0.15) is 5.56 Å². The largest absolute Gasteiger partial charge is 0.274 e. The van der Waals surface area contributed by atoms with Gasteiger partial charge in [-0.15, -0.1) is 10.2 Å². The van der Waals surface area contributed by atoms with E-state index in [0.717, 1.165) is 32.5 Å². The fourth-order valence-corrected chi connectivity index (χ4v) is 3.71. The molecule has 3 aromatic heterocycles. The highest BCUT2D eigenvalue weighted by molar-refractivity contribution is 7.19. The predicted octanol–water partition coefficient (Wildman–Crippen LogP) is 4.22. The zero-order valence-corrected chi connectivity index (χ0v) is 14.7. The lowest BCUT2D eigenvalue weighted by Crippen LogP contribution is -1.91. The maximum absolute atomic E-state index is 4.70. The molecule has 6 nitrogen and oxygen atoms in total. The third-order valence-electron chi connectivity index (χ3n) is 4.14. The number of aromatic amines is 1. The highest BCUT2D eigenvalue weighted by Gasteiger charge is 2.16. The van der Waals surface area contributed by atoms with Gasteiger partial charge in [0, 0.05) is 11.1 Å². The first-order chi connectivity index (χ1) is 12.8. The Hall–Kier alpha value is -3.32. The Morgan fingerprint density at radius 2 is 1.77 bits per heavy atom. The zero-order valence-electron chi connectivity index (χ0n) is 13.9. The molecule has 2 aromatic carbocycles. The summed E-state index contributed by atoms with van der Waals surface area (Å²) in [7, 11) is 0. The summed E-state index contributed by atoms with van der Waals surface area (Å²) in [4.78, 5) is 0.757. The molecule has 5 aromatic rings. The standard InChI is InChI=1S/C19H14N6S/c1-12-6-5-9-14(10-12)18-24-25-17(22-23-19(25)26-18)16-11-15(20-21-16)13-7-3-2-4-8-13/h2-11H,1H3,(H,20,21). The Morgan fingerprint density at radius 3 is 2.62 bits per heavy atom. The van der Waals surface area contributed by atoms with Crippen LogP contribution in [0.2, 0.25) is 0 Å². The molecule has 7 heteroatoms. The van der Waals surface area contributed by atoms with E-state index in [1.165, 1.54) is 16.9 Å². The third kappa shape index (κ3) is 2.49. The van der Waals surface area contributed by atoms with Crippen LogP contribution in [0.3, 0.4) is 0 Å². The molecule has 0 unspecified atom stereocenters. The molecule has 0 radical (unpaired) electrons. The van der Waals surface area contributed by atoms with Gasteiger partial charge in [0.25, 0.3) is 0 Å². The summed E-state index contributed by atoms with van der Waals surface area (Å²) < 4.78 is 1.77. The fourth-order valence-electron chi connectivity index (χ4n) is 2.87. The predicted molar refractivity (Wildman–Crippen MR) is 102 cm³/mol. The number of nitrogens with zero attached hydrogens (tertiary/aromatic N) is 5. The highest BCUT2D eigenvalue weighted by atomic mass is 32.1. The highest BCUT2D eigenvalue weighted by Crippen LogP contribution is 2.29. The Kier molecular flexibility index (Phi) is 3.39. The van der Waals surface area contributed by atoms with Gasteiger partial charge >= 0.3 is 0 Å². The molecule has 0 saturated carbocycles. The van der Waals surface area contributed by atoms with Gasteiger partial charge in [-0.25, -0.2) is 0 Å². The first kappa shape index (κ1) is 15.0. The van der Waals surface area contributed by atoms with E-state index in [1.807, 2.05) is 42.5 Å². The number of nitrogens with one attached hydrogen (secondary N) is 1. The number of fused-ring (bicyclic) bond motifs is 1. The van der Waals surface area contributed by atoms with Gasteiger partial charge in [0.1, 0.15) is 10.7 Å². The van der Waals surface area contributed by atoms with Crippen LogP contribution >= 0.6 is 11.3 Å². The average Bonchev–Trinajstić information content (AvgIpc) is 3.38. The van der Waals surface area contributed by atoms with E-state index >= 15 is 0 Å². The zero-order chi connectivity index (χ0) is 17.5. The van der Waals surface area contributed by atoms with Crippen molar-refractivity contribution in [2.75, 3.05) is 0 Å². The van der Waals surface area contributed by atoms with E-state index in [0.29, 0.717) is 5.82 Å². The van der Waals surface area contributed by atoms with Crippen LogP contribution < -0.4 is 0 Å². The lowest BCUT2D eigenvalue weighted by molar-refractivity contribution is 0.954. The molecule has 5 rings (SSSR count). The van der Waals surface area contributed by atoms with E-state index in [9.17, 15) is 0 Å². The van der Waals surface area contributed by atoms with Gasteiger partial charge in [0.15, 0.2) is 0 Å². The average molecular weight is 358 g/mol. The summed E-state index contributed by atoms with van der Waals surface area (Å²) in [6.45, 7) is 2.07. The Labute approximate surface area is 153 Å². The Balaban J connectivity index is 1.57. The van der Waals surface area contributed by atoms with Crippen LogP contribution in [-0.2, 0) is 0 Å². The fraction of sp³-hybridized carbons (Fsp3) is 0.0526. The molecular formula is C19H14N6S. The van der Waals surface area contributed by atoms with Crippen molar-refractivity contribution in [3.63, 3.8) is 0 Å². The second kappa shape index (κ2) is 5.89. The molecule has 0 spiro atoms. The van der Waals surface area contributed by atoms with Crippen molar-refractivity contribution < 1.29 is 0 Å². The molecule has 0 amide bonds. The molecule has 0 aliphatic carbocycles. The molecule has 26 heavy (non-hydrogen) atoms. The van der Waals surface area contributed by atoms with Crippen LogP contribution in [-0.4, -0.2) is 30.0 Å². The minimum absolute atomic E-state index is 0.657. The minimum atomic E-state index is 0.657. The number of benzene rings is 2. The SMILES string of the molecule is Cc1cccc(-c2nn3c(-c4cc(-c5ccccc5)n[nH]4)nnc3s2)c1. The normalized spacial score (nSPS) is 11.3. The summed E-state index contributed by atoms with van der Waals surface area (Å²) in [6.07, 6.45) is 0. The van der Waals surface area contributed by atoms with E-state index in [2.05, 4.69) is 45.5 Å². The summed E-state index contributed by atoms with van der Waals surface area (Å²) >= 11 is 1.52. The second-order valence-electron chi connectivity index (χ2n) is 6.03. The van der Waals surface area contributed by atoms with E-state index < -0.39 is 0 Å². The molecule has 0 aliphatic heterocycles. The van der Waals surface area contributed by atoms with Gasteiger partial charge in [0.2, 0.25) is 10.8 Å². The molecule has 0 bridgehead atoms. The van der Waals surface area contributed by atoms with Gasteiger partial charge < -0.3 is 0 Å². The maximum Gasteiger partial charge on any atom is 0.235 e. The number of aryl methyl sites for hydroxylation is 1. The van der Waals surface area contributed by atoms with Gasteiger partial charge in [-0.1, -0.05) is 65.4 Å². The van der Waals surface area contributed by atoms with Gasteiger partial charge in [-0.3, -0.25) is 5.10 Å². The minimum Gasteiger partial charge on any atom is -0.274 e. The maximum atomic E-state index is 4.70. The van der Waals surface area contributed by atoms with Crippen molar-refractivity contribution in [2.24, 2.45) is 0 Å². The summed E-state index contributed by atoms with van der Waals surface area (Å²) in [5.74, 6) is 0.657. The number of aromatic nitrogens is 6. The van der Waals surface area contributed by atoms with Crippen molar-refractivity contribution in [1.29, 1.82) is 0 Å². The monoisotopic (exact) mass is 358 g/mol. The van der Waals surface area contributed by atoms with Crippen LogP contribution in [0, 0.1) is 6.92 Å². The topological polar surface area (TPSA) is 71.8 Å². The molecule has 126 valence electrons. The first-order valence-corrected chi connectivity index (χ1v) is 9.00. The van der Waals surface area contributed by atoms with E-state index in [4.69, 9.17) is 5.10 Å². The summed E-state index contributed by atoms with van der Waals surface area (Å²) in [6, 6.07) is 20.3. The number of hydrogen-bond acceptors (Lipinski definition) is 5. The second-order valence-corrected chi connectivity index (χ2v) is 6.98. The molecular weight excluding hydrogens is 344 g/mol. The Morgan fingerprint density at radius 1 is 0.923 bits per heavy atom. The summed E-state index contributed by atoms with van der Waals surface area (Å²) in [5.41, 5.74) is 4.99. The lowest BCUT2D eigenvalue weighted by Gasteiger charge is -1.96. The quantitative estimate of drug-likeness (QED) is 0.524. The van der Waals surface area contributed by atoms with Crippen LogP contribution in [0.5, 0.6) is 0 Å². The molecule has 0 fully saturated rings. The molecule has 0 atom stereocenters. The van der Waals surface area contributed by atoms with Gasteiger partial charge in [-0.2, -0.15) is 14.7 Å². The van der Waals surface area contributed by atoms with Crippen LogP contribution in [0.25, 0.3) is 38.3 Å². The van der Waals surface area contributed by atoms with Gasteiger partial charge in [0.05, 0.1) is 5.69 Å². The van der Waals surface area contributed by atoms with E-state index in [-0.39, 0.29) is 0 Å². The molecule has 3 heterocycles. The van der Waals surface area contributed by atoms with Crippen molar-refractivity contribution in [3.05, 3.63) is 66.2 Å².